The minimum absolute atomic E-state index is 0.234. The van der Waals surface area contributed by atoms with Crippen molar-refractivity contribution in [3.05, 3.63) is 0 Å². The Kier molecular flexibility index (Phi) is 6.78. The summed E-state index contributed by atoms with van der Waals surface area (Å²) in [6.45, 7) is 5.34. The molecule has 0 aromatic carbocycles. The van der Waals surface area contributed by atoms with Gasteiger partial charge in [-0.1, -0.05) is 25.7 Å². The predicted molar refractivity (Wildman–Crippen MR) is 99.3 cm³/mol. The molecule has 2 aliphatic heterocycles. The van der Waals surface area contributed by atoms with Crippen LogP contribution in [-0.2, 0) is 0 Å². The van der Waals surface area contributed by atoms with Crippen LogP contribution in [0.25, 0.3) is 0 Å². The van der Waals surface area contributed by atoms with Crippen LogP contribution in [0.2, 0.25) is 0 Å². The molecule has 5 nitrogen and oxygen atoms in total. The van der Waals surface area contributed by atoms with Gasteiger partial charge in [-0.3, -0.25) is 9.89 Å². The first-order chi connectivity index (χ1) is 11.8. The summed E-state index contributed by atoms with van der Waals surface area (Å²) in [7, 11) is 1.86. The van der Waals surface area contributed by atoms with Crippen molar-refractivity contribution in [3.8, 4) is 0 Å². The number of likely N-dealkylation sites (tertiary alicyclic amines) is 2. The van der Waals surface area contributed by atoms with Gasteiger partial charge in [0.05, 0.1) is 6.10 Å². The van der Waals surface area contributed by atoms with Crippen LogP contribution in [0.4, 0.5) is 0 Å². The van der Waals surface area contributed by atoms with Gasteiger partial charge in [-0.2, -0.15) is 0 Å². The number of nitrogens with zero attached hydrogens (tertiary/aromatic N) is 3. The van der Waals surface area contributed by atoms with E-state index in [0.29, 0.717) is 18.5 Å². The van der Waals surface area contributed by atoms with E-state index in [9.17, 15) is 5.11 Å². The highest BCUT2D eigenvalue weighted by Gasteiger charge is 2.30. The van der Waals surface area contributed by atoms with E-state index in [1.807, 2.05) is 7.05 Å². The van der Waals surface area contributed by atoms with Crippen molar-refractivity contribution in [2.45, 2.75) is 69.9 Å². The molecule has 1 aliphatic carbocycles. The number of rotatable bonds is 4. The fraction of sp³-hybridized carbons (Fsp3) is 0.947. The van der Waals surface area contributed by atoms with E-state index in [1.165, 1.54) is 70.9 Å². The molecule has 2 atom stereocenters. The van der Waals surface area contributed by atoms with Gasteiger partial charge in [0, 0.05) is 32.7 Å². The number of nitrogens with one attached hydrogen (secondary N) is 1. The second-order valence-corrected chi connectivity index (χ2v) is 7.88. The SMILES string of the molecule is CN=C(NCC(O)C1CCCCC1)N1CCC(N2CCCCC2)C1. The highest BCUT2D eigenvalue weighted by molar-refractivity contribution is 5.80. The van der Waals surface area contributed by atoms with Crippen molar-refractivity contribution in [1.29, 1.82) is 0 Å². The first-order valence-electron chi connectivity index (χ1n) is 10.2. The van der Waals surface area contributed by atoms with Gasteiger partial charge < -0.3 is 15.3 Å². The highest BCUT2D eigenvalue weighted by atomic mass is 16.3. The molecule has 2 saturated heterocycles. The number of aliphatic imine (C=N–C) groups is 1. The summed E-state index contributed by atoms with van der Waals surface area (Å²) in [4.78, 5) is 9.52. The Morgan fingerprint density at radius 2 is 1.75 bits per heavy atom. The van der Waals surface area contributed by atoms with Crippen LogP contribution >= 0.6 is 0 Å². The molecule has 0 aromatic heterocycles. The van der Waals surface area contributed by atoms with Gasteiger partial charge in [0.2, 0.25) is 0 Å². The maximum Gasteiger partial charge on any atom is 0.193 e. The first kappa shape index (κ1) is 18.0. The summed E-state index contributed by atoms with van der Waals surface area (Å²) >= 11 is 0. The zero-order valence-corrected chi connectivity index (χ0v) is 15.4. The van der Waals surface area contributed by atoms with Gasteiger partial charge in [-0.25, -0.2) is 0 Å². The van der Waals surface area contributed by atoms with E-state index >= 15 is 0 Å². The first-order valence-corrected chi connectivity index (χ1v) is 10.2. The van der Waals surface area contributed by atoms with Crippen LogP contribution in [0.15, 0.2) is 4.99 Å². The summed E-state index contributed by atoms with van der Waals surface area (Å²) in [5.74, 6) is 1.45. The predicted octanol–water partition coefficient (Wildman–Crippen LogP) is 2.06. The maximum absolute atomic E-state index is 10.5. The minimum atomic E-state index is -0.234. The average Bonchev–Trinajstić information content (AvgIpc) is 3.13. The summed E-state index contributed by atoms with van der Waals surface area (Å²) in [6.07, 6.45) is 11.4. The van der Waals surface area contributed by atoms with Crippen molar-refractivity contribution in [1.82, 2.24) is 15.1 Å². The van der Waals surface area contributed by atoms with Crippen LogP contribution in [0.1, 0.15) is 57.8 Å². The van der Waals surface area contributed by atoms with Gasteiger partial charge in [-0.15, -0.1) is 0 Å². The summed E-state index contributed by atoms with van der Waals surface area (Å²) < 4.78 is 0. The number of aliphatic hydroxyl groups excluding tert-OH is 1. The van der Waals surface area contributed by atoms with Gasteiger partial charge >= 0.3 is 0 Å². The Morgan fingerprint density at radius 1 is 1.04 bits per heavy atom. The molecule has 5 heteroatoms. The molecular weight excluding hydrogens is 300 g/mol. The standard InChI is InChI=1S/C19H36N4O/c1-20-19(21-14-18(24)16-8-4-2-5-9-16)23-13-10-17(15-23)22-11-6-3-7-12-22/h16-18,24H,2-15H2,1H3,(H,20,21). The van der Waals surface area contributed by atoms with E-state index < -0.39 is 0 Å². The maximum atomic E-state index is 10.5. The van der Waals surface area contributed by atoms with Gasteiger partial charge in [0.15, 0.2) is 5.96 Å². The number of hydrogen-bond donors (Lipinski definition) is 2. The molecule has 0 spiro atoms. The monoisotopic (exact) mass is 336 g/mol. The lowest BCUT2D eigenvalue weighted by Gasteiger charge is -2.32. The summed E-state index contributed by atoms with van der Waals surface area (Å²) in [5, 5.41) is 13.9. The third-order valence-corrected chi connectivity index (χ3v) is 6.25. The molecule has 1 saturated carbocycles. The molecule has 138 valence electrons. The van der Waals surface area contributed by atoms with Crippen LogP contribution in [0.5, 0.6) is 0 Å². The van der Waals surface area contributed by atoms with Crippen molar-refractivity contribution in [2.75, 3.05) is 39.8 Å². The molecule has 24 heavy (non-hydrogen) atoms. The van der Waals surface area contributed by atoms with Gasteiger partial charge in [0.1, 0.15) is 0 Å². The molecular formula is C19H36N4O. The zero-order valence-electron chi connectivity index (χ0n) is 15.4. The molecule has 3 fully saturated rings. The van der Waals surface area contributed by atoms with Crippen LogP contribution in [0.3, 0.4) is 0 Å². The fourth-order valence-electron chi connectivity index (χ4n) is 4.73. The Balaban J connectivity index is 1.44. The van der Waals surface area contributed by atoms with Gasteiger partial charge in [-0.05, 0) is 51.1 Å². The van der Waals surface area contributed by atoms with E-state index in [4.69, 9.17) is 0 Å². The highest BCUT2D eigenvalue weighted by Crippen LogP contribution is 2.26. The van der Waals surface area contributed by atoms with E-state index in [-0.39, 0.29) is 6.10 Å². The van der Waals surface area contributed by atoms with Crippen molar-refractivity contribution in [2.24, 2.45) is 10.9 Å². The van der Waals surface area contributed by atoms with Crippen molar-refractivity contribution < 1.29 is 5.11 Å². The Labute approximate surface area is 147 Å². The lowest BCUT2D eigenvalue weighted by atomic mass is 9.85. The normalized spacial score (nSPS) is 29.0. The smallest absolute Gasteiger partial charge is 0.193 e. The molecule has 2 heterocycles. The van der Waals surface area contributed by atoms with E-state index in [2.05, 4.69) is 20.1 Å². The van der Waals surface area contributed by atoms with E-state index in [0.717, 1.165) is 19.0 Å². The van der Waals surface area contributed by atoms with Crippen LogP contribution in [-0.4, -0.2) is 72.8 Å². The molecule has 0 amide bonds. The topological polar surface area (TPSA) is 51.1 Å². The largest absolute Gasteiger partial charge is 0.391 e. The average molecular weight is 337 g/mol. The Bertz CT molecular complexity index is 402. The van der Waals surface area contributed by atoms with E-state index in [1.54, 1.807) is 0 Å². The quantitative estimate of drug-likeness (QED) is 0.609. The number of aliphatic hydroxyl groups is 1. The minimum Gasteiger partial charge on any atom is -0.391 e. The van der Waals surface area contributed by atoms with Gasteiger partial charge in [0.25, 0.3) is 0 Å². The summed E-state index contributed by atoms with van der Waals surface area (Å²) in [5.41, 5.74) is 0. The van der Waals surface area contributed by atoms with Crippen molar-refractivity contribution >= 4 is 5.96 Å². The Hall–Kier alpha value is -0.810. The molecule has 0 radical (unpaired) electrons. The molecule has 0 bridgehead atoms. The molecule has 3 rings (SSSR count). The lowest BCUT2D eigenvalue weighted by Crippen LogP contribution is -2.46. The fourth-order valence-corrected chi connectivity index (χ4v) is 4.73. The molecule has 3 aliphatic rings. The second-order valence-electron chi connectivity index (χ2n) is 7.88. The number of piperidine rings is 1. The second kappa shape index (κ2) is 9.04. The Morgan fingerprint density at radius 3 is 2.46 bits per heavy atom. The lowest BCUT2D eigenvalue weighted by molar-refractivity contribution is 0.0874. The molecule has 2 N–H and O–H groups in total. The van der Waals surface area contributed by atoms with Crippen molar-refractivity contribution in [3.63, 3.8) is 0 Å². The third kappa shape index (κ3) is 4.63. The molecule has 2 unspecified atom stereocenters. The zero-order chi connectivity index (χ0) is 16.8. The number of hydrogen-bond acceptors (Lipinski definition) is 3. The summed E-state index contributed by atoms with van der Waals surface area (Å²) in [6, 6.07) is 0.687. The van der Waals surface area contributed by atoms with Crippen LogP contribution < -0.4 is 5.32 Å². The number of guanidine groups is 1. The molecule has 0 aromatic rings. The van der Waals surface area contributed by atoms with Crippen LogP contribution in [0, 0.1) is 5.92 Å². The third-order valence-electron chi connectivity index (χ3n) is 6.25.